The molecule has 0 radical (unpaired) electrons. The molecule has 0 spiro atoms. The Morgan fingerprint density at radius 1 is 1.25 bits per heavy atom. The van der Waals surface area contributed by atoms with Crippen molar-refractivity contribution in [2.45, 2.75) is 32.9 Å². The van der Waals surface area contributed by atoms with Gasteiger partial charge in [0, 0.05) is 0 Å². The van der Waals surface area contributed by atoms with Crippen LogP contribution in [0.15, 0.2) is 47.1 Å². The molecule has 1 aromatic carbocycles. The lowest BCUT2D eigenvalue weighted by Crippen LogP contribution is -2.37. The monoisotopic (exact) mass is 288 g/mol. The van der Waals surface area contributed by atoms with Gasteiger partial charge in [0.15, 0.2) is 5.11 Å². The van der Waals surface area contributed by atoms with E-state index in [0.717, 1.165) is 12.2 Å². The van der Waals surface area contributed by atoms with Gasteiger partial charge in [-0.2, -0.15) is 0 Å². The van der Waals surface area contributed by atoms with Crippen LogP contribution in [0.1, 0.15) is 36.3 Å². The van der Waals surface area contributed by atoms with Gasteiger partial charge in [-0.3, -0.25) is 0 Å². The molecular formula is C16H20N2OS. The van der Waals surface area contributed by atoms with Crippen molar-refractivity contribution in [1.29, 1.82) is 0 Å². The van der Waals surface area contributed by atoms with Crippen LogP contribution >= 0.6 is 12.2 Å². The van der Waals surface area contributed by atoms with Crippen molar-refractivity contribution in [3.63, 3.8) is 0 Å². The molecule has 3 nitrogen and oxygen atoms in total. The van der Waals surface area contributed by atoms with Crippen LogP contribution in [0.25, 0.3) is 0 Å². The second-order valence-electron chi connectivity index (χ2n) is 4.78. The second kappa shape index (κ2) is 7.10. The molecule has 106 valence electrons. The van der Waals surface area contributed by atoms with E-state index in [9.17, 15) is 0 Å². The van der Waals surface area contributed by atoms with Gasteiger partial charge in [-0.15, -0.1) is 0 Å². The number of nitrogens with one attached hydrogen (secondary N) is 2. The number of thiocarbonyl (C=S) groups is 1. The zero-order valence-electron chi connectivity index (χ0n) is 11.8. The minimum atomic E-state index is 0.229. The van der Waals surface area contributed by atoms with E-state index in [0.29, 0.717) is 11.7 Å². The number of benzene rings is 1. The van der Waals surface area contributed by atoms with Gasteiger partial charge in [0.1, 0.15) is 5.76 Å². The van der Waals surface area contributed by atoms with Gasteiger partial charge in [-0.25, -0.2) is 0 Å². The maximum atomic E-state index is 5.33. The third-order valence-electron chi connectivity index (χ3n) is 3.20. The van der Waals surface area contributed by atoms with Crippen molar-refractivity contribution in [2.75, 3.05) is 0 Å². The number of furan rings is 1. The lowest BCUT2D eigenvalue weighted by Gasteiger charge is -2.20. The summed E-state index contributed by atoms with van der Waals surface area (Å²) in [5.41, 5.74) is 2.52. The zero-order chi connectivity index (χ0) is 14.4. The fraction of sp³-hybridized carbons (Fsp3) is 0.312. The van der Waals surface area contributed by atoms with Crippen LogP contribution < -0.4 is 10.6 Å². The van der Waals surface area contributed by atoms with Crippen LogP contribution in [-0.2, 0) is 6.54 Å². The van der Waals surface area contributed by atoms with Gasteiger partial charge in [-0.1, -0.05) is 36.8 Å². The molecule has 0 saturated carbocycles. The van der Waals surface area contributed by atoms with E-state index in [-0.39, 0.29) is 6.04 Å². The standard InChI is InChI=1S/C16H20N2OS/c1-3-15(13-8-6-12(2)7-9-13)18-16(20)17-11-14-5-4-10-19-14/h4-10,15H,3,11H2,1-2H3,(H2,17,18,20). The number of rotatable bonds is 5. The molecule has 0 aliphatic rings. The highest BCUT2D eigenvalue weighted by Crippen LogP contribution is 2.16. The van der Waals surface area contributed by atoms with Crippen molar-refractivity contribution in [3.8, 4) is 0 Å². The second-order valence-corrected chi connectivity index (χ2v) is 5.19. The summed E-state index contributed by atoms with van der Waals surface area (Å²) in [6.45, 7) is 4.84. The van der Waals surface area contributed by atoms with Crippen molar-refractivity contribution < 1.29 is 4.42 Å². The predicted molar refractivity (Wildman–Crippen MR) is 85.5 cm³/mol. The van der Waals surface area contributed by atoms with Gasteiger partial charge >= 0.3 is 0 Å². The molecular weight excluding hydrogens is 268 g/mol. The van der Waals surface area contributed by atoms with E-state index in [2.05, 4.69) is 48.7 Å². The molecule has 1 heterocycles. The van der Waals surface area contributed by atoms with Gasteiger partial charge in [0.25, 0.3) is 0 Å². The average Bonchev–Trinajstić information content (AvgIpc) is 2.97. The summed E-state index contributed by atoms with van der Waals surface area (Å²) >= 11 is 5.33. The molecule has 1 atom stereocenters. The lowest BCUT2D eigenvalue weighted by molar-refractivity contribution is 0.500. The Morgan fingerprint density at radius 3 is 2.60 bits per heavy atom. The summed E-state index contributed by atoms with van der Waals surface area (Å²) < 4.78 is 5.26. The topological polar surface area (TPSA) is 37.2 Å². The van der Waals surface area contributed by atoms with Gasteiger partial charge in [-0.05, 0) is 43.3 Å². The van der Waals surface area contributed by atoms with Gasteiger partial charge < -0.3 is 15.1 Å². The number of aryl methyl sites for hydroxylation is 1. The molecule has 4 heteroatoms. The average molecular weight is 288 g/mol. The largest absolute Gasteiger partial charge is 0.467 e. The van der Waals surface area contributed by atoms with E-state index in [1.807, 2.05) is 12.1 Å². The summed E-state index contributed by atoms with van der Waals surface area (Å²) in [4.78, 5) is 0. The Labute approximate surface area is 125 Å². The first-order chi connectivity index (χ1) is 9.69. The van der Waals surface area contributed by atoms with Crippen LogP contribution in [-0.4, -0.2) is 5.11 Å². The molecule has 1 unspecified atom stereocenters. The Bertz CT molecular complexity index is 534. The Balaban J connectivity index is 1.89. The number of hydrogen-bond donors (Lipinski definition) is 2. The summed E-state index contributed by atoms with van der Waals surface area (Å²) in [5, 5.41) is 7.15. The van der Waals surface area contributed by atoms with Crippen LogP contribution in [0.5, 0.6) is 0 Å². The lowest BCUT2D eigenvalue weighted by atomic mass is 10.0. The molecule has 0 fully saturated rings. The first-order valence-corrected chi connectivity index (χ1v) is 7.23. The first-order valence-electron chi connectivity index (χ1n) is 6.82. The third kappa shape index (κ3) is 4.10. The molecule has 0 aliphatic carbocycles. The SMILES string of the molecule is CCC(NC(=S)NCc1ccco1)c1ccc(C)cc1. The van der Waals surface area contributed by atoms with E-state index < -0.39 is 0 Å². The van der Waals surface area contributed by atoms with Crippen molar-refractivity contribution in [2.24, 2.45) is 0 Å². The normalized spacial score (nSPS) is 11.9. The number of hydrogen-bond acceptors (Lipinski definition) is 2. The fourth-order valence-electron chi connectivity index (χ4n) is 2.01. The van der Waals surface area contributed by atoms with Gasteiger partial charge in [0.2, 0.25) is 0 Å². The predicted octanol–water partition coefficient (Wildman–Crippen LogP) is 3.70. The summed E-state index contributed by atoms with van der Waals surface area (Å²) in [6, 6.07) is 12.6. The molecule has 0 amide bonds. The molecule has 0 saturated heterocycles. The highest BCUT2D eigenvalue weighted by atomic mass is 32.1. The summed E-state index contributed by atoms with van der Waals surface area (Å²) in [7, 11) is 0. The molecule has 2 aromatic rings. The molecule has 1 aromatic heterocycles. The van der Waals surface area contributed by atoms with Crippen molar-refractivity contribution in [1.82, 2.24) is 10.6 Å². The third-order valence-corrected chi connectivity index (χ3v) is 3.46. The molecule has 2 N–H and O–H groups in total. The van der Waals surface area contributed by atoms with Crippen LogP contribution in [0, 0.1) is 6.92 Å². The minimum Gasteiger partial charge on any atom is -0.467 e. The Morgan fingerprint density at radius 2 is 2.00 bits per heavy atom. The fourth-order valence-corrected chi connectivity index (χ4v) is 2.22. The maximum absolute atomic E-state index is 5.33. The van der Waals surface area contributed by atoms with E-state index in [1.54, 1.807) is 6.26 Å². The Kier molecular flexibility index (Phi) is 5.18. The van der Waals surface area contributed by atoms with Crippen molar-refractivity contribution in [3.05, 3.63) is 59.5 Å². The Hall–Kier alpha value is -1.81. The van der Waals surface area contributed by atoms with Crippen molar-refractivity contribution >= 4 is 17.3 Å². The van der Waals surface area contributed by atoms with Gasteiger partial charge in [0.05, 0.1) is 18.8 Å². The van der Waals surface area contributed by atoms with E-state index >= 15 is 0 Å². The zero-order valence-corrected chi connectivity index (χ0v) is 12.7. The molecule has 0 aliphatic heterocycles. The van der Waals surface area contributed by atoms with Crippen LogP contribution in [0.2, 0.25) is 0 Å². The molecule has 0 bridgehead atoms. The van der Waals surface area contributed by atoms with E-state index in [1.165, 1.54) is 11.1 Å². The minimum absolute atomic E-state index is 0.229. The molecule has 2 rings (SSSR count). The summed E-state index contributed by atoms with van der Waals surface area (Å²) in [5.74, 6) is 0.873. The van der Waals surface area contributed by atoms with Crippen LogP contribution in [0.3, 0.4) is 0 Å². The molecule has 20 heavy (non-hydrogen) atoms. The first kappa shape index (κ1) is 14.6. The summed E-state index contributed by atoms with van der Waals surface area (Å²) in [6.07, 6.45) is 2.64. The van der Waals surface area contributed by atoms with Crippen LogP contribution in [0.4, 0.5) is 0 Å². The smallest absolute Gasteiger partial charge is 0.167 e. The maximum Gasteiger partial charge on any atom is 0.167 e. The van der Waals surface area contributed by atoms with E-state index in [4.69, 9.17) is 16.6 Å². The quantitative estimate of drug-likeness (QED) is 0.823. The highest BCUT2D eigenvalue weighted by Gasteiger charge is 2.10. The highest BCUT2D eigenvalue weighted by molar-refractivity contribution is 7.80.